The third-order valence-corrected chi connectivity index (χ3v) is 4.94. The largest absolute Gasteiger partial charge is 0.469 e. The summed E-state index contributed by atoms with van der Waals surface area (Å²) in [5.74, 6) is 0.00235. The van der Waals surface area contributed by atoms with E-state index in [1.54, 1.807) is 17.0 Å². The normalized spacial score (nSPS) is 15.0. The summed E-state index contributed by atoms with van der Waals surface area (Å²) in [5.41, 5.74) is 0.981. The van der Waals surface area contributed by atoms with Gasteiger partial charge in [-0.15, -0.1) is 0 Å². The van der Waals surface area contributed by atoms with Crippen LogP contribution in [-0.2, 0) is 20.7 Å². The number of halogens is 1. The Balaban J connectivity index is 1.91. The zero-order valence-corrected chi connectivity index (χ0v) is 15.0. The monoisotopic (exact) mass is 349 g/mol. The Bertz CT molecular complexity index is 553. The molecular weight excluding hydrogens is 321 g/mol. The average Bonchev–Trinajstić information content (AvgIpc) is 2.63. The molecule has 0 saturated heterocycles. The Morgan fingerprint density at radius 2 is 1.80 bits per heavy atom. The first kappa shape index (κ1) is 19.4. The van der Waals surface area contributed by atoms with E-state index >= 15 is 0 Å². The van der Waals surface area contributed by atoms with Gasteiger partial charge in [-0.2, -0.15) is 0 Å². The first-order chi connectivity index (χ1) is 12.1. The lowest BCUT2D eigenvalue weighted by Gasteiger charge is -2.27. The Labute approximate surface area is 149 Å². The van der Waals surface area contributed by atoms with Crippen LogP contribution in [0.1, 0.15) is 50.5 Å². The lowest BCUT2D eigenvalue weighted by atomic mass is 9.86. The fourth-order valence-corrected chi connectivity index (χ4v) is 3.37. The van der Waals surface area contributed by atoms with E-state index in [0.29, 0.717) is 31.8 Å². The van der Waals surface area contributed by atoms with Crippen molar-refractivity contribution in [1.29, 1.82) is 0 Å². The molecule has 0 N–H and O–H groups in total. The molecule has 0 aromatic heterocycles. The summed E-state index contributed by atoms with van der Waals surface area (Å²) in [6.45, 7) is 0.910. The highest BCUT2D eigenvalue weighted by Gasteiger charge is 2.21. The van der Waals surface area contributed by atoms with Gasteiger partial charge in [-0.3, -0.25) is 9.59 Å². The maximum absolute atomic E-state index is 13.0. The van der Waals surface area contributed by atoms with E-state index in [-0.39, 0.29) is 24.1 Å². The number of benzene rings is 1. The number of carbonyl (C=O) groups is 2. The van der Waals surface area contributed by atoms with Crippen molar-refractivity contribution in [3.63, 3.8) is 0 Å². The van der Waals surface area contributed by atoms with Gasteiger partial charge >= 0.3 is 5.97 Å². The van der Waals surface area contributed by atoms with Crippen molar-refractivity contribution >= 4 is 11.9 Å². The van der Waals surface area contributed by atoms with Gasteiger partial charge in [-0.1, -0.05) is 31.4 Å². The summed E-state index contributed by atoms with van der Waals surface area (Å²) >= 11 is 0. The maximum Gasteiger partial charge on any atom is 0.307 e. The molecule has 2 rings (SSSR count). The van der Waals surface area contributed by atoms with Crippen LogP contribution in [0, 0.1) is 11.7 Å². The number of hydrogen-bond acceptors (Lipinski definition) is 3. The van der Waals surface area contributed by atoms with E-state index in [0.717, 1.165) is 18.4 Å². The van der Waals surface area contributed by atoms with Gasteiger partial charge in [0.25, 0.3) is 0 Å². The van der Waals surface area contributed by atoms with E-state index in [4.69, 9.17) is 0 Å². The second kappa shape index (κ2) is 10.2. The lowest BCUT2D eigenvalue weighted by Crippen LogP contribution is -2.36. The highest BCUT2D eigenvalue weighted by atomic mass is 19.1. The molecule has 0 unspecified atom stereocenters. The third kappa shape index (κ3) is 6.85. The topological polar surface area (TPSA) is 46.6 Å². The molecule has 1 aromatic carbocycles. The van der Waals surface area contributed by atoms with E-state index < -0.39 is 0 Å². The molecule has 1 aliphatic carbocycles. The SMILES string of the molecule is COC(=O)CCN(CCc1ccc(F)cc1)C(=O)CC1CCCCC1. The predicted octanol–water partition coefficient (Wildman–Crippen LogP) is 3.73. The van der Waals surface area contributed by atoms with Gasteiger partial charge in [-0.05, 0) is 42.9 Å². The number of amides is 1. The van der Waals surface area contributed by atoms with Crippen molar-refractivity contribution in [2.75, 3.05) is 20.2 Å². The Hall–Kier alpha value is -1.91. The summed E-state index contributed by atoms with van der Waals surface area (Å²) in [5, 5.41) is 0. The van der Waals surface area contributed by atoms with E-state index in [1.165, 1.54) is 38.5 Å². The molecule has 0 atom stereocenters. The van der Waals surface area contributed by atoms with Crippen LogP contribution >= 0.6 is 0 Å². The lowest BCUT2D eigenvalue weighted by molar-refractivity contribution is -0.141. The zero-order chi connectivity index (χ0) is 18.1. The fourth-order valence-electron chi connectivity index (χ4n) is 3.37. The molecule has 0 bridgehead atoms. The number of hydrogen-bond donors (Lipinski definition) is 0. The summed E-state index contributed by atoms with van der Waals surface area (Å²) in [6, 6.07) is 6.33. The Morgan fingerprint density at radius 1 is 1.12 bits per heavy atom. The summed E-state index contributed by atoms with van der Waals surface area (Å²) in [4.78, 5) is 25.9. The van der Waals surface area contributed by atoms with E-state index in [1.807, 2.05) is 0 Å². The van der Waals surface area contributed by atoms with Crippen molar-refractivity contribution < 1.29 is 18.7 Å². The minimum Gasteiger partial charge on any atom is -0.469 e. The molecule has 0 radical (unpaired) electrons. The molecule has 138 valence electrons. The van der Waals surface area contributed by atoms with Gasteiger partial charge in [0.15, 0.2) is 0 Å². The Morgan fingerprint density at radius 3 is 2.44 bits per heavy atom. The molecule has 5 heteroatoms. The van der Waals surface area contributed by atoms with Crippen LogP contribution in [0.5, 0.6) is 0 Å². The number of rotatable bonds is 8. The number of carbonyl (C=O) groups excluding carboxylic acids is 2. The van der Waals surface area contributed by atoms with Gasteiger partial charge in [-0.25, -0.2) is 4.39 Å². The van der Waals surface area contributed by atoms with Crippen molar-refractivity contribution in [3.8, 4) is 0 Å². The van der Waals surface area contributed by atoms with Crippen LogP contribution < -0.4 is 0 Å². The molecule has 25 heavy (non-hydrogen) atoms. The standard InChI is InChI=1S/C20H28FNO3/c1-25-20(24)12-14-22(13-11-16-7-9-18(21)10-8-16)19(23)15-17-5-3-2-4-6-17/h7-10,17H,2-6,11-15H2,1H3. The van der Waals surface area contributed by atoms with E-state index in [9.17, 15) is 14.0 Å². The molecule has 0 aliphatic heterocycles. The second-order valence-electron chi connectivity index (χ2n) is 6.79. The first-order valence-corrected chi connectivity index (χ1v) is 9.17. The van der Waals surface area contributed by atoms with Crippen LogP contribution in [0.4, 0.5) is 4.39 Å². The molecule has 0 spiro atoms. The number of esters is 1. The van der Waals surface area contributed by atoms with Gasteiger partial charge in [0.05, 0.1) is 13.5 Å². The molecule has 0 heterocycles. The van der Waals surface area contributed by atoms with Crippen molar-refractivity contribution in [2.45, 2.75) is 51.4 Å². The Kier molecular flexibility index (Phi) is 7.89. The molecule has 1 saturated carbocycles. The second-order valence-corrected chi connectivity index (χ2v) is 6.79. The average molecular weight is 349 g/mol. The van der Waals surface area contributed by atoms with Gasteiger partial charge in [0.2, 0.25) is 5.91 Å². The summed E-state index contributed by atoms with van der Waals surface area (Å²) in [7, 11) is 1.36. The summed E-state index contributed by atoms with van der Waals surface area (Å²) < 4.78 is 17.7. The van der Waals surface area contributed by atoms with Crippen molar-refractivity contribution in [1.82, 2.24) is 4.90 Å². The molecule has 4 nitrogen and oxygen atoms in total. The molecule has 1 fully saturated rings. The first-order valence-electron chi connectivity index (χ1n) is 9.17. The van der Waals surface area contributed by atoms with Crippen molar-refractivity contribution in [2.24, 2.45) is 5.92 Å². The van der Waals surface area contributed by atoms with Crippen LogP contribution in [-0.4, -0.2) is 37.0 Å². The van der Waals surface area contributed by atoms with Gasteiger partial charge in [0.1, 0.15) is 5.82 Å². The molecule has 1 amide bonds. The zero-order valence-electron chi connectivity index (χ0n) is 15.0. The van der Waals surface area contributed by atoms with E-state index in [2.05, 4.69) is 4.74 Å². The molecule has 1 aliphatic rings. The number of methoxy groups -OCH3 is 1. The highest BCUT2D eigenvalue weighted by molar-refractivity contribution is 5.77. The smallest absolute Gasteiger partial charge is 0.307 e. The van der Waals surface area contributed by atoms with Gasteiger partial charge < -0.3 is 9.64 Å². The molecule has 1 aromatic rings. The van der Waals surface area contributed by atoms with Crippen LogP contribution in [0.25, 0.3) is 0 Å². The maximum atomic E-state index is 13.0. The number of nitrogens with zero attached hydrogens (tertiary/aromatic N) is 1. The van der Waals surface area contributed by atoms with Crippen molar-refractivity contribution in [3.05, 3.63) is 35.6 Å². The highest BCUT2D eigenvalue weighted by Crippen LogP contribution is 2.27. The summed E-state index contributed by atoms with van der Waals surface area (Å²) in [6.07, 6.45) is 7.33. The minimum absolute atomic E-state index is 0.109. The van der Waals surface area contributed by atoms with Crippen LogP contribution in [0.3, 0.4) is 0 Å². The minimum atomic E-state index is -0.308. The quantitative estimate of drug-likeness (QED) is 0.672. The van der Waals surface area contributed by atoms with Crippen LogP contribution in [0.15, 0.2) is 24.3 Å². The fraction of sp³-hybridized carbons (Fsp3) is 0.600. The molecular formula is C20H28FNO3. The van der Waals surface area contributed by atoms with Gasteiger partial charge in [0, 0.05) is 19.5 Å². The van der Waals surface area contributed by atoms with Crippen LogP contribution in [0.2, 0.25) is 0 Å². The number of ether oxygens (including phenoxy) is 1. The third-order valence-electron chi connectivity index (χ3n) is 4.94. The predicted molar refractivity (Wildman–Crippen MR) is 94.5 cm³/mol.